The van der Waals surface area contributed by atoms with Crippen LogP contribution >= 0.6 is 11.6 Å². The summed E-state index contributed by atoms with van der Waals surface area (Å²) in [4.78, 5) is 25.9. The summed E-state index contributed by atoms with van der Waals surface area (Å²) in [5.41, 5.74) is -0.202. The third-order valence-corrected chi connectivity index (χ3v) is 3.70. The Morgan fingerprint density at radius 2 is 2.05 bits per heavy atom. The number of ketones is 1. The molecule has 0 saturated carbocycles. The van der Waals surface area contributed by atoms with Crippen LogP contribution in [-0.4, -0.2) is 35.5 Å². The molecule has 1 aliphatic heterocycles. The summed E-state index contributed by atoms with van der Waals surface area (Å²) in [5, 5.41) is -0.0761. The molecule has 1 atom stereocenters. The highest BCUT2D eigenvalue weighted by atomic mass is 35.5. The lowest BCUT2D eigenvalue weighted by molar-refractivity contribution is 0.0289. The molecule has 0 radical (unpaired) electrons. The Balaban J connectivity index is 2.02. The van der Waals surface area contributed by atoms with Gasteiger partial charge in [-0.1, -0.05) is 11.6 Å². The smallest absolute Gasteiger partial charge is 0.410 e. The topological polar surface area (TPSA) is 46.6 Å². The number of amides is 1. The minimum atomic E-state index is -0.566. The van der Waals surface area contributed by atoms with Crippen LogP contribution in [0.1, 0.15) is 37.6 Å². The van der Waals surface area contributed by atoms with E-state index in [9.17, 15) is 14.0 Å². The standard InChI is InChI=1S/C16H19ClFNO3/c1-16(2,3)22-15(21)19-7-6-11(9-19)14(20)10-4-5-13(18)12(17)8-10/h4-5,8,11H,6-7,9H2,1-3H3. The molecule has 0 aliphatic carbocycles. The Morgan fingerprint density at radius 1 is 1.36 bits per heavy atom. The SMILES string of the molecule is CC(C)(C)OC(=O)N1CCC(C(=O)c2ccc(F)c(Cl)c2)C1. The number of Topliss-reactive ketones (excluding diaryl/α,β-unsaturated/α-hetero) is 1. The summed E-state index contributed by atoms with van der Waals surface area (Å²) < 4.78 is 18.4. The number of nitrogens with zero attached hydrogens (tertiary/aromatic N) is 1. The molecule has 0 spiro atoms. The molecule has 1 aromatic rings. The number of hydrogen-bond acceptors (Lipinski definition) is 3. The van der Waals surface area contributed by atoms with Gasteiger partial charge in [-0.05, 0) is 45.4 Å². The van der Waals surface area contributed by atoms with Crippen LogP contribution in [0.15, 0.2) is 18.2 Å². The molecule has 1 amide bonds. The lowest BCUT2D eigenvalue weighted by Crippen LogP contribution is -2.35. The third kappa shape index (κ3) is 3.97. The van der Waals surface area contributed by atoms with Gasteiger partial charge in [-0.2, -0.15) is 0 Å². The maximum Gasteiger partial charge on any atom is 0.410 e. The number of ether oxygens (including phenoxy) is 1. The molecule has 1 heterocycles. The Kier molecular flexibility index (Phi) is 4.75. The van der Waals surface area contributed by atoms with E-state index in [1.54, 1.807) is 20.8 Å². The largest absolute Gasteiger partial charge is 0.444 e. The fraction of sp³-hybridized carbons (Fsp3) is 0.500. The number of benzene rings is 1. The molecule has 0 aromatic heterocycles. The van der Waals surface area contributed by atoms with E-state index in [1.807, 2.05) is 0 Å². The monoisotopic (exact) mass is 327 g/mol. The maximum absolute atomic E-state index is 13.2. The second-order valence-corrected chi connectivity index (χ2v) is 6.81. The van der Waals surface area contributed by atoms with E-state index in [2.05, 4.69) is 0 Å². The summed E-state index contributed by atoms with van der Waals surface area (Å²) in [6.45, 7) is 6.17. The zero-order valence-electron chi connectivity index (χ0n) is 12.9. The first-order valence-corrected chi connectivity index (χ1v) is 7.52. The van der Waals surface area contributed by atoms with Crippen molar-refractivity contribution in [1.29, 1.82) is 0 Å². The average Bonchev–Trinajstić information content (AvgIpc) is 2.89. The van der Waals surface area contributed by atoms with Gasteiger partial charge >= 0.3 is 6.09 Å². The Labute approximate surface area is 134 Å². The van der Waals surface area contributed by atoms with Gasteiger partial charge in [0, 0.05) is 24.6 Å². The first-order chi connectivity index (χ1) is 10.2. The average molecular weight is 328 g/mol. The quantitative estimate of drug-likeness (QED) is 0.773. The predicted octanol–water partition coefficient (Wildman–Crippen LogP) is 3.92. The normalized spacial score (nSPS) is 18.4. The van der Waals surface area contributed by atoms with E-state index >= 15 is 0 Å². The molecule has 22 heavy (non-hydrogen) atoms. The Hall–Kier alpha value is -1.62. The van der Waals surface area contributed by atoms with Gasteiger partial charge in [0.05, 0.1) is 5.02 Å². The van der Waals surface area contributed by atoms with Gasteiger partial charge in [0.1, 0.15) is 11.4 Å². The van der Waals surface area contributed by atoms with Crippen LogP contribution in [0, 0.1) is 11.7 Å². The number of hydrogen-bond donors (Lipinski definition) is 0. The van der Waals surface area contributed by atoms with Crippen molar-refractivity contribution in [3.05, 3.63) is 34.6 Å². The highest BCUT2D eigenvalue weighted by Crippen LogP contribution is 2.25. The number of carbonyl (C=O) groups is 2. The lowest BCUT2D eigenvalue weighted by Gasteiger charge is -2.24. The summed E-state index contributed by atoms with van der Waals surface area (Å²) in [6, 6.07) is 3.92. The highest BCUT2D eigenvalue weighted by Gasteiger charge is 2.33. The molecular formula is C16H19ClFNO3. The van der Waals surface area contributed by atoms with Crippen molar-refractivity contribution in [2.45, 2.75) is 32.8 Å². The van der Waals surface area contributed by atoms with Gasteiger partial charge in [0.2, 0.25) is 0 Å². The second kappa shape index (κ2) is 6.24. The van der Waals surface area contributed by atoms with Crippen LogP contribution in [-0.2, 0) is 4.74 Å². The molecule has 1 fully saturated rings. The van der Waals surface area contributed by atoms with Gasteiger partial charge in [-0.15, -0.1) is 0 Å². The van der Waals surface area contributed by atoms with Crippen molar-refractivity contribution in [3.8, 4) is 0 Å². The van der Waals surface area contributed by atoms with Crippen molar-refractivity contribution in [2.24, 2.45) is 5.92 Å². The first-order valence-electron chi connectivity index (χ1n) is 7.14. The zero-order valence-corrected chi connectivity index (χ0v) is 13.6. The van der Waals surface area contributed by atoms with Crippen molar-refractivity contribution < 1.29 is 18.7 Å². The van der Waals surface area contributed by atoms with Gasteiger partial charge in [-0.3, -0.25) is 4.79 Å². The predicted molar refractivity (Wildman–Crippen MR) is 81.7 cm³/mol. The van der Waals surface area contributed by atoms with E-state index in [0.29, 0.717) is 25.1 Å². The van der Waals surface area contributed by atoms with Gasteiger partial charge < -0.3 is 9.64 Å². The molecule has 0 N–H and O–H groups in total. The first kappa shape index (κ1) is 16.7. The van der Waals surface area contributed by atoms with Crippen LogP contribution < -0.4 is 0 Å². The van der Waals surface area contributed by atoms with Crippen LogP contribution in [0.2, 0.25) is 5.02 Å². The summed E-state index contributed by atoms with van der Waals surface area (Å²) in [7, 11) is 0. The molecule has 1 aliphatic rings. The van der Waals surface area contributed by atoms with E-state index in [1.165, 1.54) is 23.1 Å². The summed E-state index contributed by atoms with van der Waals surface area (Å²) in [6.07, 6.45) is 0.146. The van der Waals surface area contributed by atoms with Crippen molar-refractivity contribution >= 4 is 23.5 Å². The van der Waals surface area contributed by atoms with E-state index < -0.39 is 17.5 Å². The van der Waals surface area contributed by atoms with Crippen molar-refractivity contribution in [2.75, 3.05) is 13.1 Å². The molecule has 120 valence electrons. The van der Waals surface area contributed by atoms with Gasteiger partial charge in [0.15, 0.2) is 5.78 Å². The van der Waals surface area contributed by atoms with Crippen LogP contribution in [0.3, 0.4) is 0 Å². The number of rotatable bonds is 2. The summed E-state index contributed by atoms with van der Waals surface area (Å²) >= 11 is 5.70. The third-order valence-electron chi connectivity index (χ3n) is 3.41. The van der Waals surface area contributed by atoms with Gasteiger partial charge in [0.25, 0.3) is 0 Å². The van der Waals surface area contributed by atoms with Crippen LogP contribution in [0.4, 0.5) is 9.18 Å². The second-order valence-electron chi connectivity index (χ2n) is 6.41. The summed E-state index contributed by atoms with van der Waals surface area (Å²) in [5.74, 6) is -0.998. The van der Waals surface area contributed by atoms with E-state index in [4.69, 9.17) is 16.3 Å². The number of halogens is 2. The molecule has 0 bridgehead atoms. The lowest BCUT2D eigenvalue weighted by atomic mass is 9.97. The molecule has 1 unspecified atom stereocenters. The molecule has 1 saturated heterocycles. The Morgan fingerprint density at radius 3 is 2.64 bits per heavy atom. The van der Waals surface area contributed by atoms with E-state index in [0.717, 1.165) is 0 Å². The fourth-order valence-electron chi connectivity index (χ4n) is 2.35. The number of likely N-dealkylation sites (tertiary alicyclic amines) is 1. The zero-order chi connectivity index (χ0) is 16.5. The minimum absolute atomic E-state index is 0.0761. The molecule has 4 nitrogen and oxygen atoms in total. The van der Waals surface area contributed by atoms with Crippen LogP contribution in [0.5, 0.6) is 0 Å². The Bertz CT molecular complexity index is 598. The molecule has 1 aromatic carbocycles. The molecular weight excluding hydrogens is 309 g/mol. The van der Waals surface area contributed by atoms with Crippen molar-refractivity contribution in [1.82, 2.24) is 4.90 Å². The highest BCUT2D eigenvalue weighted by molar-refractivity contribution is 6.31. The minimum Gasteiger partial charge on any atom is -0.444 e. The van der Waals surface area contributed by atoms with Gasteiger partial charge in [-0.25, -0.2) is 9.18 Å². The maximum atomic E-state index is 13.2. The molecule has 2 rings (SSSR count). The molecule has 6 heteroatoms. The van der Waals surface area contributed by atoms with E-state index in [-0.39, 0.29) is 16.7 Å². The fourth-order valence-corrected chi connectivity index (χ4v) is 2.53. The van der Waals surface area contributed by atoms with Crippen LogP contribution in [0.25, 0.3) is 0 Å². The number of carbonyl (C=O) groups excluding carboxylic acids is 2. The van der Waals surface area contributed by atoms with Crippen molar-refractivity contribution in [3.63, 3.8) is 0 Å².